The molecule has 2 aliphatic heterocycles. The Labute approximate surface area is 103 Å². The molecular weight excluding hydrogens is 212 g/mol. The Morgan fingerprint density at radius 2 is 2.18 bits per heavy atom. The first-order valence-electron chi connectivity index (χ1n) is 6.78. The van der Waals surface area contributed by atoms with Crippen LogP contribution in [-0.4, -0.2) is 41.0 Å². The van der Waals surface area contributed by atoms with E-state index in [0.29, 0.717) is 0 Å². The van der Waals surface area contributed by atoms with E-state index in [1.54, 1.807) is 0 Å². The number of likely N-dealkylation sites (tertiary alicyclic amines) is 1. The SMILES string of the molecule is CC1(CN2CCCCC2)NCCc2[nH]cnc21. The summed E-state index contributed by atoms with van der Waals surface area (Å²) in [6.07, 6.45) is 7.01. The summed E-state index contributed by atoms with van der Waals surface area (Å²) in [5, 5.41) is 3.66. The highest BCUT2D eigenvalue weighted by molar-refractivity contribution is 5.24. The van der Waals surface area contributed by atoms with Gasteiger partial charge in [-0.1, -0.05) is 6.42 Å². The maximum Gasteiger partial charge on any atom is 0.0926 e. The van der Waals surface area contributed by atoms with Gasteiger partial charge in [0, 0.05) is 25.2 Å². The van der Waals surface area contributed by atoms with Gasteiger partial charge >= 0.3 is 0 Å². The molecule has 0 amide bonds. The fourth-order valence-corrected chi connectivity index (χ4v) is 3.23. The topological polar surface area (TPSA) is 44.0 Å². The van der Waals surface area contributed by atoms with E-state index < -0.39 is 0 Å². The molecule has 1 atom stereocenters. The van der Waals surface area contributed by atoms with Crippen LogP contribution in [0.15, 0.2) is 6.33 Å². The normalized spacial score (nSPS) is 30.2. The van der Waals surface area contributed by atoms with Crippen molar-refractivity contribution in [3.63, 3.8) is 0 Å². The average molecular weight is 234 g/mol. The van der Waals surface area contributed by atoms with Crippen molar-refractivity contribution >= 4 is 0 Å². The van der Waals surface area contributed by atoms with E-state index in [0.717, 1.165) is 19.5 Å². The molecule has 1 unspecified atom stereocenters. The minimum absolute atomic E-state index is 0.0327. The molecule has 17 heavy (non-hydrogen) atoms. The molecule has 3 heterocycles. The van der Waals surface area contributed by atoms with Gasteiger partial charge in [-0.05, 0) is 32.9 Å². The van der Waals surface area contributed by atoms with Gasteiger partial charge in [0.1, 0.15) is 0 Å². The Morgan fingerprint density at radius 1 is 1.35 bits per heavy atom. The summed E-state index contributed by atoms with van der Waals surface area (Å²) in [5.74, 6) is 0. The molecule has 4 heteroatoms. The molecule has 0 aromatic carbocycles. The van der Waals surface area contributed by atoms with Crippen molar-refractivity contribution in [2.75, 3.05) is 26.2 Å². The van der Waals surface area contributed by atoms with Crippen molar-refractivity contribution in [2.24, 2.45) is 0 Å². The summed E-state index contributed by atoms with van der Waals surface area (Å²) < 4.78 is 0. The van der Waals surface area contributed by atoms with Crippen molar-refractivity contribution in [1.82, 2.24) is 20.2 Å². The van der Waals surface area contributed by atoms with Crippen LogP contribution in [0.4, 0.5) is 0 Å². The summed E-state index contributed by atoms with van der Waals surface area (Å²) in [7, 11) is 0. The summed E-state index contributed by atoms with van der Waals surface area (Å²) >= 11 is 0. The highest BCUT2D eigenvalue weighted by atomic mass is 15.2. The van der Waals surface area contributed by atoms with Gasteiger partial charge in [-0.25, -0.2) is 4.98 Å². The van der Waals surface area contributed by atoms with Crippen LogP contribution in [0, 0.1) is 0 Å². The third kappa shape index (κ3) is 2.11. The number of hydrogen-bond acceptors (Lipinski definition) is 3. The molecule has 94 valence electrons. The van der Waals surface area contributed by atoms with Crippen LogP contribution >= 0.6 is 0 Å². The number of hydrogen-bond donors (Lipinski definition) is 2. The van der Waals surface area contributed by atoms with Crippen LogP contribution in [0.2, 0.25) is 0 Å². The minimum atomic E-state index is 0.0327. The van der Waals surface area contributed by atoms with Gasteiger partial charge in [0.15, 0.2) is 0 Å². The maximum atomic E-state index is 4.53. The van der Waals surface area contributed by atoms with Gasteiger partial charge in [-0.2, -0.15) is 0 Å². The minimum Gasteiger partial charge on any atom is -0.348 e. The molecule has 4 nitrogen and oxygen atoms in total. The van der Waals surface area contributed by atoms with Gasteiger partial charge in [-0.15, -0.1) is 0 Å². The number of fused-ring (bicyclic) bond motifs is 1. The van der Waals surface area contributed by atoms with Crippen LogP contribution in [0.5, 0.6) is 0 Å². The summed E-state index contributed by atoms with van der Waals surface area (Å²) in [6, 6.07) is 0. The lowest BCUT2D eigenvalue weighted by atomic mass is 9.90. The van der Waals surface area contributed by atoms with E-state index in [9.17, 15) is 0 Å². The second-order valence-corrected chi connectivity index (χ2v) is 5.58. The monoisotopic (exact) mass is 234 g/mol. The van der Waals surface area contributed by atoms with Gasteiger partial charge in [0.05, 0.1) is 17.6 Å². The smallest absolute Gasteiger partial charge is 0.0926 e. The molecule has 0 radical (unpaired) electrons. The first kappa shape index (κ1) is 11.2. The van der Waals surface area contributed by atoms with Crippen molar-refractivity contribution in [3.8, 4) is 0 Å². The second-order valence-electron chi connectivity index (χ2n) is 5.58. The number of aromatic amines is 1. The van der Waals surface area contributed by atoms with Crippen LogP contribution < -0.4 is 5.32 Å². The molecule has 1 saturated heterocycles. The van der Waals surface area contributed by atoms with Crippen molar-refractivity contribution in [3.05, 3.63) is 17.7 Å². The largest absolute Gasteiger partial charge is 0.348 e. The molecular formula is C13H22N4. The van der Waals surface area contributed by atoms with E-state index in [2.05, 4.69) is 27.1 Å². The van der Waals surface area contributed by atoms with E-state index >= 15 is 0 Å². The zero-order valence-corrected chi connectivity index (χ0v) is 10.6. The molecule has 0 aliphatic carbocycles. The molecule has 2 aliphatic rings. The number of H-pyrrole nitrogens is 1. The zero-order valence-electron chi connectivity index (χ0n) is 10.6. The third-order valence-corrected chi connectivity index (χ3v) is 4.12. The lowest BCUT2D eigenvalue weighted by Gasteiger charge is -2.39. The quantitative estimate of drug-likeness (QED) is 0.809. The molecule has 0 spiro atoms. The van der Waals surface area contributed by atoms with Crippen LogP contribution in [0.1, 0.15) is 37.6 Å². The number of rotatable bonds is 2. The van der Waals surface area contributed by atoms with E-state index in [1.807, 2.05) is 6.33 Å². The lowest BCUT2D eigenvalue weighted by Crippen LogP contribution is -2.53. The Balaban J connectivity index is 1.77. The maximum absolute atomic E-state index is 4.53. The lowest BCUT2D eigenvalue weighted by molar-refractivity contribution is 0.157. The Kier molecular flexibility index (Phi) is 2.92. The summed E-state index contributed by atoms with van der Waals surface area (Å²) in [5.41, 5.74) is 2.59. The van der Waals surface area contributed by atoms with Gasteiger partial charge in [0.25, 0.3) is 0 Å². The van der Waals surface area contributed by atoms with Gasteiger partial charge in [-0.3, -0.25) is 0 Å². The number of aromatic nitrogens is 2. The first-order valence-corrected chi connectivity index (χ1v) is 6.78. The second kappa shape index (κ2) is 4.42. The van der Waals surface area contributed by atoms with Crippen molar-refractivity contribution in [1.29, 1.82) is 0 Å². The standard InChI is InChI=1S/C13H22N4/c1-13(9-17-7-3-2-4-8-17)12-11(5-6-16-13)14-10-15-12/h10,16H,2-9H2,1H3,(H,14,15). The van der Waals surface area contributed by atoms with Crippen LogP contribution in [0.3, 0.4) is 0 Å². The van der Waals surface area contributed by atoms with Gasteiger partial charge < -0.3 is 15.2 Å². The first-order chi connectivity index (χ1) is 8.28. The molecule has 0 saturated carbocycles. The predicted molar refractivity (Wildman–Crippen MR) is 67.9 cm³/mol. The number of piperidine rings is 1. The molecule has 1 aromatic heterocycles. The Hall–Kier alpha value is -0.870. The number of imidazole rings is 1. The molecule has 1 aromatic rings. The summed E-state index contributed by atoms with van der Waals surface area (Å²) in [4.78, 5) is 10.4. The highest BCUT2D eigenvalue weighted by Gasteiger charge is 2.35. The molecule has 1 fully saturated rings. The molecule has 3 rings (SSSR count). The molecule has 0 bridgehead atoms. The summed E-state index contributed by atoms with van der Waals surface area (Å²) in [6.45, 7) is 6.93. The predicted octanol–water partition coefficient (Wildman–Crippen LogP) is 1.26. The molecule has 2 N–H and O–H groups in total. The van der Waals surface area contributed by atoms with Crippen LogP contribution in [0.25, 0.3) is 0 Å². The average Bonchev–Trinajstić information content (AvgIpc) is 2.80. The Morgan fingerprint density at radius 3 is 3.00 bits per heavy atom. The van der Waals surface area contributed by atoms with E-state index in [1.165, 1.54) is 43.7 Å². The number of nitrogens with one attached hydrogen (secondary N) is 2. The van der Waals surface area contributed by atoms with E-state index in [-0.39, 0.29) is 5.54 Å². The fourth-order valence-electron chi connectivity index (χ4n) is 3.23. The third-order valence-electron chi connectivity index (χ3n) is 4.12. The zero-order chi connectivity index (χ0) is 11.7. The number of nitrogens with zero attached hydrogens (tertiary/aromatic N) is 2. The van der Waals surface area contributed by atoms with Crippen LogP contribution in [-0.2, 0) is 12.0 Å². The fraction of sp³-hybridized carbons (Fsp3) is 0.769. The van der Waals surface area contributed by atoms with Gasteiger partial charge in [0.2, 0.25) is 0 Å². The van der Waals surface area contributed by atoms with Crippen molar-refractivity contribution in [2.45, 2.75) is 38.1 Å². The Bertz CT molecular complexity index is 381. The van der Waals surface area contributed by atoms with Crippen molar-refractivity contribution < 1.29 is 0 Å². The van der Waals surface area contributed by atoms with E-state index in [4.69, 9.17) is 0 Å². The highest BCUT2D eigenvalue weighted by Crippen LogP contribution is 2.27.